The van der Waals surface area contributed by atoms with E-state index in [4.69, 9.17) is 4.84 Å². The van der Waals surface area contributed by atoms with Crippen molar-refractivity contribution in [1.29, 1.82) is 0 Å². The van der Waals surface area contributed by atoms with E-state index in [0.29, 0.717) is 11.3 Å². The van der Waals surface area contributed by atoms with Gasteiger partial charge in [0.05, 0.1) is 11.4 Å². The van der Waals surface area contributed by atoms with Crippen LogP contribution in [0.2, 0.25) is 0 Å². The van der Waals surface area contributed by atoms with Crippen LogP contribution in [-0.2, 0) is 4.84 Å². The van der Waals surface area contributed by atoms with E-state index in [1.165, 1.54) is 12.1 Å². The Balaban J connectivity index is 2.04. The maximum absolute atomic E-state index is 14.0. The van der Waals surface area contributed by atoms with Gasteiger partial charge in [-0.05, 0) is 37.6 Å². The van der Waals surface area contributed by atoms with Crippen molar-refractivity contribution in [2.75, 3.05) is 0 Å². The van der Waals surface area contributed by atoms with Gasteiger partial charge < -0.3 is 10.1 Å². The molecule has 2 heterocycles. The first-order chi connectivity index (χ1) is 12.0. The van der Waals surface area contributed by atoms with E-state index in [0.717, 1.165) is 33.0 Å². The van der Waals surface area contributed by atoms with E-state index >= 15 is 0 Å². The van der Waals surface area contributed by atoms with Crippen molar-refractivity contribution in [3.63, 3.8) is 0 Å². The molecule has 25 heavy (non-hydrogen) atoms. The number of rotatable bonds is 2. The molecular formula is C19H17FN2O3. The summed E-state index contributed by atoms with van der Waals surface area (Å²) in [6.07, 6.45) is -0.362. The molecule has 1 unspecified atom stereocenters. The van der Waals surface area contributed by atoms with Crippen LogP contribution in [0.4, 0.5) is 4.39 Å². The highest BCUT2D eigenvalue weighted by atomic mass is 19.1. The lowest BCUT2D eigenvalue weighted by Crippen LogP contribution is -2.14. The minimum Gasteiger partial charge on any atom is -0.505 e. The Hall–Kier alpha value is -2.83. The third-order valence-electron chi connectivity index (χ3n) is 4.55. The molecule has 3 aromatic rings. The van der Waals surface area contributed by atoms with Crippen molar-refractivity contribution in [1.82, 2.24) is 10.2 Å². The van der Waals surface area contributed by atoms with Crippen LogP contribution in [0, 0.1) is 5.82 Å². The lowest BCUT2D eigenvalue weighted by Gasteiger charge is -2.10. The third kappa shape index (κ3) is 2.38. The lowest BCUT2D eigenvalue weighted by atomic mass is 9.95. The lowest BCUT2D eigenvalue weighted by molar-refractivity contribution is -0.311. The van der Waals surface area contributed by atoms with Crippen LogP contribution in [0.5, 0.6) is 5.75 Å². The molecule has 1 aliphatic rings. The van der Waals surface area contributed by atoms with Gasteiger partial charge >= 0.3 is 0 Å². The van der Waals surface area contributed by atoms with Gasteiger partial charge in [0.1, 0.15) is 6.10 Å². The molecule has 0 saturated heterocycles. The normalized spacial score (nSPS) is 17.8. The number of fused-ring (bicyclic) bond motifs is 1. The van der Waals surface area contributed by atoms with Crippen LogP contribution in [-0.4, -0.2) is 26.6 Å². The number of benzene rings is 2. The van der Waals surface area contributed by atoms with Crippen LogP contribution in [0.3, 0.4) is 0 Å². The van der Waals surface area contributed by atoms with Gasteiger partial charge in [0.15, 0.2) is 11.6 Å². The molecule has 0 fully saturated rings. The quantitative estimate of drug-likeness (QED) is 0.645. The van der Waals surface area contributed by atoms with Crippen molar-refractivity contribution in [3.05, 3.63) is 59.7 Å². The molecule has 0 radical (unpaired) electrons. The average molecular weight is 340 g/mol. The van der Waals surface area contributed by atoms with E-state index in [1.807, 2.05) is 31.2 Å². The van der Waals surface area contributed by atoms with E-state index in [9.17, 15) is 14.7 Å². The number of allylic oxidation sites excluding steroid dienone is 1. The van der Waals surface area contributed by atoms with Crippen LogP contribution in [0.15, 0.2) is 48.2 Å². The zero-order valence-corrected chi connectivity index (χ0v) is 13.7. The van der Waals surface area contributed by atoms with Gasteiger partial charge in [0.2, 0.25) is 0 Å². The number of aromatic hydroxyl groups is 1. The number of hydrogen-bond donors (Lipinski definition) is 3. The Labute approximate surface area is 143 Å². The van der Waals surface area contributed by atoms with Crippen molar-refractivity contribution in [2.45, 2.75) is 20.0 Å². The average Bonchev–Trinajstić information content (AvgIpc) is 3.07. The first-order valence-corrected chi connectivity index (χ1v) is 7.94. The van der Waals surface area contributed by atoms with Crippen molar-refractivity contribution in [3.8, 4) is 16.9 Å². The molecule has 1 atom stereocenters. The smallest absolute Gasteiger partial charge is 0.165 e. The first-order valence-electron chi connectivity index (χ1n) is 7.94. The van der Waals surface area contributed by atoms with Crippen molar-refractivity contribution >= 4 is 16.5 Å². The van der Waals surface area contributed by atoms with Gasteiger partial charge in [-0.1, -0.05) is 24.3 Å². The number of nitrogens with zero attached hydrogens (tertiary/aromatic N) is 1. The minimum atomic E-state index is -0.682. The molecule has 2 aromatic carbocycles. The highest BCUT2D eigenvalue weighted by Gasteiger charge is 2.31. The highest BCUT2D eigenvalue weighted by Crippen LogP contribution is 2.42. The number of para-hydroxylation sites is 1. The van der Waals surface area contributed by atoms with Crippen LogP contribution < -0.4 is 0 Å². The number of aromatic amines is 1. The Morgan fingerprint density at radius 3 is 2.64 bits per heavy atom. The van der Waals surface area contributed by atoms with Crippen LogP contribution >= 0.6 is 0 Å². The summed E-state index contributed by atoms with van der Waals surface area (Å²) >= 11 is 0. The van der Waals surface area contributed by atoms with Gasteiger partial charge in [0, 0.05) is 22.0 Å². The molecule has 5 nitrogen and oxygen atoms in total. The van der Waals surface area contributed by atoms with Gasteiger partial charge in [-0.15, -0.1) is 5.23 Å². The maximum atomic E-state index is 14.0. The fraction of sp³-hybridized carbons (Fsp3) is 0.158. The predicted octanol–water partition coefficient (Wildman–Crippen LogP) is 4.44. The van der Waals surface area contributed by atoms with Gasteiger partial charge in [-0.25, -0.2) is 9.23 Å². The molecule has 3 N–H and O–H groups in total. The second-order valence-electron chi connectivity index (χ2n) is 6.11. The minimum absolute atomic E-state index is 0.362. The molecule has 0 spiro atoms. The Bertz CT molecular complexity index is 1010. The largest absolute Gasteiger partial charge is 0.505 e. The zero-order chi connectivity index (χ0) is 17.7. The molecule has 1 aliphatic heterocycles. The van der Waals surface area contributed by atoms with Gasteiger partial charge in [-0.2, -0.15) is 0 Å². The number of hydrogen-bond acceptors (Lipinski definition) is 4. The Kier molecular flexibility index (Phi) is 3.52. The summed E-state index contributed by atoms with van der Waals surface area (Å²) in [7, 11) is 0. The molecule has 0 amide bonds. The second kappa shape index (κ2) is 5.61. The standard InChI is InChI=1S/C19H17FN2O3/c1-10-17(11(2)25-22(10)24)19-18(12-7-8-16(23)14(20)9-12)13-5-3-4-6-15(13)21-19/h3-9,11,21,23-24H,1-2H3. The summed E-state index contributed by atoms with van der Waals surface area (Å²) in [5.41, 5.74) is 4.45. The Morgan fingerprint density at radius 2 is 1.96 bits per heavy atom. The molecule has 6 heteroatoms. The van der Waals surface area contributed by atoms with E-state index in [1.54, 1.807) is 13.0 Å². The molecular weight excluding hydrogens is 323 g/mol. The number of halogens is 1. The summed E-state index contributed by atoms with van der Waals surface area (Å²) < 4.78 is 14.0. The number of phenols is 1. The number of H-pyrrole nitrogens is 1. The number of phenolic OH excluding ortho intramolecular Hbond substituents is 1. The summed E-state index contributed by atoms with van der Waals surface area (Å²) in [6, 6.07) is 12.0. The van der Waals surface area contributed by atoms with E-state index in [-0.39, 0.29) is 11.9 Å². The summed E-state index contributed by atoms with van der Waals surface area (Å²) in [4.78, 5) is 8.71. The first kappa shape index (κ1) is 15.7. The zero-order valence-electron chi connectivity index (χ0n) is 13.7. The molecule has 0 bridgehead atoms. The van der Waals surface area contributed by atoms with Crippen LogP contribution in [0.25, 0.3) is 27.6 Å². The monoisotopic (exact) mass is 340 g/mol. The highest BCUT2D eigenvalue weighted by molar-refractivity contribution is 6.02. The summed E-state index contributed by atoms with van der Waals surface area (Å²) in [5, 5.41) is 21.0. The van der Waals surface area contributed by atoms with Gasteiger partial charge in [0.25, 0.3) is 0 Å². The fourth-order valence-electron chi connectivity index (χ4n) is 3.37. The van der Waals surface area contributed by atoms with Crippen molar-refractivity contribution < 1.29 is 19.5 Å². The number of hydroxylamine groups is 2. The SMILES string of the molecule is CC1=C(c2[nH]c3ccccc3c2-c2ccc(O)c(F)c2)C(C)ON1O. The third-order valence-corrected chi connectivity index (χ3v) is 4.55. The topological polar surface area (TPSA) is 68.7 Å². The molecule has 1 aromatic heterocycles. The molecule has 4 rings (SSSR count). The maximum Gasteiger partial charge on any atom is 0.165 e. The summed E-state index contributed by atoms with van der Waals surface area (Å²) in [6.45, 7) is 3.59. The van der Waals surface area contributed by atoms with E-state index < -0.39 is 5.82 Å². The van der Waals surface area contributed by atoms with Crippen molar-refractivity contribution in [2.24, 2.45) is 0 Å². The van der Waals surface area contributed by atoms with Gasteiger partial charge in [-0.3, -0.25) is 5.21 Å². The summed E-state index contributed by atoms with van der Waals surface area (Å²) in [5.74, 6) is -1.07. The van der Waals surface area contributed by atoms with E-state index in [2.05, 4.69) is 4.98 Å². The fourth-order valence-corrected chi connectivity index (χ4v) is 3.37. The van der Waals surface area contributed by atoms with Crippen LogP contribution in [0.1, 0.15) is 19.5 Å². The second-order valence-corrected chi connectivity index (χ2v) is 6.11. The molecule has 0 saturated carbocycles. The predicted molar refractivity (Wildman–Crippen MR) is 92.1 cm³/mol. The Morgan fingerprint density at radius 1 is 1.20 bits per heavy atom. The number of aromatic nitrogens is 1. The molecule has 0 aliphatic carbocycles. The number of nitrogens with one attached hydrogen (secondary N) is 1. The molecule has 128 valence electrons.